The maximum absolute atomic E-state index is 11.1. The number of hydrogen-bond donors (Lipinski definition) is 0. The molecule has 15 heavy (non-hydrogen) atoms. The summed E-state index contributed by atoms with van der Waals surface area (Å²) in [6.07, 6.45) is 0. The number of rotatable bonds is 1. The van der Waals surface area contributed by atoms with Gasteiger partial charge in [0.2, 0.25) is 5.28 Å². The Morgan fingerprint density at radius 3 is 2.60 bits per heavy atom. The highest BCUT2D eigenvalue weighted by Crippen LogP contribution is 2.26. The molecule has 0 bridgehead atoms. The fourth-order valence-electron chi connectivity index (χ4n) is 1.28. The van der Waals surface area contributed by atoms with E-state index in [-0.39, 0.29) is 16.0 Å². The van der Waals surface area contributed by atoms with E-state index in [2.05, 4.69) is 9.97 Å². The molecule has 0 N–H and O–H groups in total. The second kappa shape index (κ2) is 3.93. The van der Waals surface area contributed by atoms with Crippen LogP contribution in [0.15, 0.2) is 18.2 Å². The molecule has 1 aromatic heterocycles. The van der Waals surface area contributed by atoms with Crippen LogP contribution in [0, 0.1) is 0 Å². The van der Waals surface area contributed by atoms with Crippen LogP contribution >= 0.6 is 34.8 Å². The van der Waals surface area contributed by atoms with E-state index in [4.69, 9.17) is 34.8 Å². The van der Waals surface area contributed by atoms with Gasteiger partial charge in [-0.1, -0.05) is 17.7 Å². The molecule has 0 radical (unpaired) electrons. The zero-order chi connectivity index (χ0) is 11.0. The molecule has 0 fully saturated rings. The molecular weight excluding hydrogens is 258 g/mol. The number of benzene rings is 1. The Balaban J connectivity index is 2.91. The van der Waals surface area contributed by atoms with Crippen molar-refractivity contribution in [1.82, 2.24) is 9.97 Å². The highest BCUT2D eigenvalue weighted by molar-refractivity contribution is 6.69. The molecule has 0 aliphatic carbocycles. The molecule has 0 saturated carbocycles. The molecule has 1 aromatic carbocycles. The van der Waals surface area contributed by atoms with E-state index < -0.39 is 5.24 Å². The normalized spacial score (nSPS) is 10.6. The summed E-state index contributed by atoms with van der Waals surface area (Å²) in [5, 5.41) is -0.0294. The van der Waals surface area contributed by atoms with Crippen LogP contribution in [0.1, 0.15) is 10.4 Å². The van der Waals surface area contributed by atoms with Gasteiger partial charge in [0.1, 0.15) is 5.15 Å². The lowest BCUT2D eigenvalue weighted by molar-refractivity contribution is 0.108. The molecule has 2 aromatic rings. The Kier molecular flexibility index (Phi) is 2.78. The van der Waals surface area contributed by atoms with Crippen molar-refractivity contribution in [1.29, 1.82) is 0 Å². The van der Waals surface area contributed by atoms with Gasteiger partial charge >= 0.3 is 0 Å². The Morgan fingerprint density at radius 2 is 1.93 bits per heavy atom. The van der Waals surface area contributed by atoms with Gasteiger partial charge in [-0.25, -0.2) is 9.97 Å². The summed E-state index contributed by atoms with van der Waals surface area (Å²) in [7, 11) is 0. The molecule has 0 atom stereocenters. The highest BCUT2D eigenvalue weighted by Gasteiger charge is 2.12. The Hall–Kier alpha value is -0.900. The maximum atomic E-state index is 11.1. The molecule has 76 valence electrons. The molecule has 0 aliphatic heterocycles. The number of nitrogens with zero attached hydrogens (tertiary/aromatic N) is 2. The van der Waals surface area contributed by atoms with Gasteiger partial charge in [-0.2, -0.15) is 0 Å². The third-order valence-electron chi connectivity index (χ3n) is 1.86. The summed E-state index contributed by atoms with van der Waals surface area (Å²) in [4.78, 5) is 18.8. The van der Waals surface area contributed by atoms with Crippen molar-refractivity contribution in [2.45, 2.75) is 0 Å². The molecule has 0 saturated heterocycles. The Bertz CT molecular complexity index is 556. The lowest BCUT2D eigenvalue weighted by atomic mass is 10.1. The predicted octanol–water partition coefficient (Wildman–Crippen LogP) is 3.32. The molecule has 3 nitrogen and oxygen atoms in total. The van der Waals surface area contributed by atoms with Crippen LogP contribution in [0.3, 0.4) is 0 Å². The zero-order valence-corrected chi connectivity index (χ0v) is 9.44. The summed E-state index contributed by atoms with van der Waals surface area (Å²) < 4.78 is 0. The number of hydrogen-bond acceptors (Lipinski definition) is 3. The van der Waals surface area contributed by atoms with Gasteiger partial charge in [0.05, 0.1) is 5.52 Å². The minimum Gasteiger partial charge on any atom is -0.276 e. The fourth-order valence-corrected chi connectivity index (χ4v) is 1.93. The van der Waals surface area contributed by atoms with Crippen molar-refractivity contribution >= 4 is 50.9 Å². The lowest BCUT2D eigenvalue weighted by Crippen LogP contribution is -1.95. The highest BCUT2D eigenvalue weighted by atomic mass is 35.5. The summed E-state index contributed by atoms with van der Waals surface area (Å²) in [5.41, 5.74) is 0.766. The molecule has 2 rings (SSSR count). The molecule has 0 aliphatic rings. The van der Waals surface area contributed by atoms with E-state index in [1.807, 2.05) is 0 Å². The van der Waals surface area contributed by atoms with Gasteiger partial charge < -0.3 is 0 Å². The van der Waals surface area contributed by atoms with Crippen molar-refractivity contribution in [2.24, 2.45) is 0 Å². The van der Waals surface area contributed by atoms with E-state index in [9.17, 15) is 4.79 Å². The minimum absolute atomic E-state index is 0.0340. The van der Waals surface area contributed by atoms with Crippen LogP contribution in [-0.2, 0) is 0 Å². The number of carbonyl (C=O) groups excluding carboxylic acids is 1. The van der Waals surface area contributed by atoms with Gasteiger partial charge in [-0.15, -0.1) is 0 Å². The van der Waals surface area contributed by atoms with Gasteiger partial charge in [0, 0.05) is 10.9 Å². The third kappa shape index (κ3) is 1.91. The predicted molar refractivity (Wildman–Crippen MR) is 59.7 cm³/mol. The molecule has 0 amide bonds. The first-order valence-electron chi connectivity index (χ1n) is 3.91. The first-order chi connectivity index (χ1) is 7.09. The first-order valence-corrected chi connectivity index (χ1v) is 5.04. The van der Waals surface area contributed by atoms with Crippen LogP contribution in [0.4, 0.5) is 0 Å². The quantitative estimate of drug-likeness (QED) is 0.449. The fraction of sp³-hybridized carbons (Fsp3) is 0. The average Bonchev–Trinajstić information content (AvgIpc) is 2.16. The summed E-state index contributed by atoms with van der Waals surface area (Å²) in [6.45, 7) is 0. The summed E-state index contributed by atoms with van der Waals surface area (Å²) in [5.74, 6) is 0. The molecule has 0 unspecified atom stereocenters. The summed E-state index contributed by atoms with van der Waals surface area (Å²) >= 11 is 16.9. The van der Waals surface area contributed by atoms with Crippen LogP contribution in [0.2, 0.25) is 10.4 Å². The first kappa shape index (κ1) is 10.6. The summed E-state index contributed by atoms with van der Waals surface area (Å²) in [6, 6.07) is 4.89. The van der Waals surface area contributed by atoms with Crippen molar-refractivity contribution in [3.8, 4) is 0 Å². The van der Waals surface area contributed by atoms with Crippen LogP contribution in [0.25, 0.3) is 10.9 Å². The number of halogens is 3. The minimum atomic E-state index is -0.603. The smallest absolute Gasteiger partial charge is 0.253 e. The molecule has 1 heterocycles. The van der Waals surface area contributed by atoms with E-state index in [1.165, 1.54) is 0 Å². The monoisotopic (exact) mass is 260 g/mol. The van der Waals surface area contributed by atoms with E-state index in [1.54, 1.807) is 18.2 Å². The maximum Gasteiger partial charge on any atom is 0.253 e. The van der Waals surface area contributed by atoms with Crippen molar-refractivity contribution in [3.05, 3.63) is 34.2 Å². The van der Waals surface area contributed by atoms with Crippen molar-refractivity contribution < 1.29 is 4.79 Å². The molecule has 0 spiro atoms. The second-order valence-electron chi connectivity index (χ2n) is 2.76. The Labute approximate surface area is 100.0 Å². The van der Waals surface area contributed by atoms with Crippen molar-refractivity contribution in [2.75, 3.05) is 0 Å². The average molecular weight is 261 g/mol. The number of carbonyl (C=O) groups is 1. The SMILES string of the molecule is O=C(Cl)c1cccc2nc(Cl)nc(Cl)c12. The van der Waals surface area contributed by atoms with Crippen molar-refractivity contribution in [3.63, 3.8) is 0 Å². The zero-order valence-electron chi connectivity index (χ0n) is 7.17. The van der Waals surface area contributed by atoms with Gasteiger partial charge in [-0.05, 0) is 35.3 Å². The second-order valence-corrected chi connectivity index (χ2v) is 3.80. The van der Waals surface area contributed by atoms with Crippen LogP contribution in [-0.4, -0.2) is 15.2 Å². The largest absolute Gasteiger partial charge is 0.276 e. The third-order valence-corrected chi connectivity index (χ3v) is 2.51. The Morgan fingerprint density at radius 1 is 1.20 bits per heavy atom. The topological polar surface area (TPSA) is 42.9 Å². The van der Waals surface area contributed by atoms with Crippen LogP contribution in [0.5, 0.6) is 0 Å². The standard InChI is InChI=1S/C9H3Cl3N2O/c10-7-6-4(8(11)15)2-1-3-5(6)13-9(12)14-7/h1-3H. The van der Waals surface area contributed by atoms with Gasteiger partial charge in [-0.3, -0.25) is 4.79 Å². The lowest BCUT2D eigenvalue weighted by Gasteiger charge is -2.03. The number of aromatic nitrogens is 2. The van der Waals surface area contributed by atoms with Gasteiger partial charge in [0.25, 0.3) is 5.24 Å². The van der Waals surface area contributed by atoms with E-state index >= 15 is 0 Å². The molecular formula is C9H3Cl3N2O. The van der Waals surface area contributed by atoms with Crippen LogP contribution < -0.4 is 0 Å². The number of fused-ring (bicyclic) bond motifs is 1. The molecule has 6 heteroatoms. The van der Waals surface area contributed by atoms with E-state index in [0.29, 0.717) is 10.9 Å². The van der Waals surface area contributed by atoms with Gasteiger partial charge in [0.15, 0.2) is 0 Å². The van der Waals surface area contributed by atoms with E-state index in [0.717, 1.165) is 0 Å².